The summed E-state index contributed by atoms with van der Waals surface area (Å²) in [4.78, 5) is 16.7. The maximum Gasteiger partial charge on any atom is 0.234 e. The van der Waals surface area contributed by atoms with Crippen LogP contribution in [0.5, 0.6) is 0 Å². The number of rotatable bonds is 5. The third kappa shape index (κ3) is 4.29. The Morgan fingerprint density at radius 3 is 2.42 bits per heavy atom. The minimum atomic E-state index is -0.130. The third-order valence-corrected chi connectivity index (χ3v) is 4.68. The fraction of sp³-hybridized carbons (Fsp3) is 0.0952. The number of amides is 1. The van der Waals surface area contributed by atoms with E-state index in [2.05, 4.69) is 16.4 Å². The van der Waals surface area contributed by atoms with Gasteiger partial charge >= 0.3 is 0 Å². The van der Waals surface area contributed by atoms with Crippen LogP contribution in [-0.4, -0.2) is 16.6 Å². The lowest BCUT2D eigenvalue weighted by molar-refractivity contribution is -0.113. The van der Waals surface area contributed by atoms with Gasteiger partial charge in [0.05, 0.1) is 11.3 Å². The Labute approximate surface area is 156 Å². The van der Waals surface area contributed by atoms with E-state index >= 15 is 0 Å². The molecule has 5 heteroatoms. The standard InChI is InChI=1S/C21H17N3OS/c1-15-12-18(16-8-4-2-5-9-16)19(13-22)21(23-15)26-14-20(25)24-17-10-6-3-7-11-17/h2-12H,14H2,1H3,(H,24,25). The van der Waals surface area contributed by atoms with E-state index in [0.29, 0.717) is 10.6 Å². The van der Waals surface area contributed by atoms with E-state index in [1.165, 1.54) is 11.8 Å². The van der Waals surface area contributed by atoms with Gasteiger partial charge in [-0.3, -0.25) is 4.79 Å². The van der Waals surface area contributed by atoms with Crippen molar-refractivity contribution in [3.63, 3.8) is 0 Å². The molecule has 2 aromatic carbocycles. The van der Waals surface area contributed by atoms with Gasteiger partial charge in [0, 0.05) is 16.9 Å². The summed E-state index contributed by atoms with van der Waals surface area (Å²) in [5.41, 5.74) is 3.87. The number of nitriles is 1. The van der Waals surface area contributed by atoms with Crippen molar-refractivity contribution in [3.8, 4) is 17.2 Å². The molecule has 0 fully saturated rings. The summed E-state index contributed by atoms with van der Waals surface area (Å²) in [6.45, 7) is 1.89. The van der Waals surface area contributed by atoms with Crippen molar-refractivity contribution < 1.29 is 4.79 Å². The molecular formula is C21H17N3OS. The van der Waals surface area contributed by atoms with E-state index in [1.807, 2.05) is 73.7 Å². The number of aryl methyl sites for hydroxylation is 1. The molecule has 3 aromatic rings. The van der Waals surface area contributed by atoms with Crippen LogP contribution in [0.2, 0.25) is 0 Å². The summed E-state index contributed by atoms with van der Waals surface area (Å²) < 4.78 is 0. The smallest absolute Gasteiger partial charge is 0.234 e. The first-order chi connectivity index (χ1) is 12.7. The number of nitrogens with zero attached hydrogens (tertiary/aromatic N) is 2. The van der Waals surface area contributed by atoms with Gasteiger partial charge in [-0.25, -0.2) is 4.98 Å². The van der Waals surface area contributed by atoms with Crippen LogP contribution < -0.4 is 5.32 Å². The van der Waals surface area contributed by atoms with Crippen molar-refractivity contribution in [2.45, 2.75) is 11.9 Å². The number of para-hydroxylation sites is 1. The number of pyridine rings is 1. The second-order valence-electron chi connectivity index (χ2n) is 5.67. The Bertz CT molecular complexity index is 950. The number of nitrogens with one attached hydrogen (secondary N) is 1. The first-order valence-corrected chi connectivity index (χ1v) is 9.11. The Hall–Kier alpha value is -3.10. The summed E-state index contributed by atoms with van der Waals surface area (Å²) in [5, 5.41) is 13.1. The van der Waals surface area contributed by atoms with Crippen molar-refractivity contribution in [1.82, 2.24) is 4.98 Å². The van der Waals surface area contributed by atoms with Crippen molar-refractivity contribution in [1.29, 1.82) is 5.26 Å². The van der Waals surface area contributed by atoms with Crippen molar-refractivity contribution in [2.24, 2.45) is 0 Å². The van der Waals surface area contributed by atoms with E-state index in [0.717, 1.165) is 22.5 Å². The van der Waals surface area contributed by atoms with E-state index < -0.39 is 0 Å². The highest BCUT2D eigenvalue weighted by Gasteiger charge is 2.15. The number of anilines is 1. The monoisotopic (exact) mass is 359 g/mol. The highest BCUT2D eigenvalue weighted by molar-refractivity contribution is 8.00. The molecule has 0 saturated heterocycles. The first-order valence-electron chi connectivity index (χ1n) is 8.12. The summed E-state index contributed by atoms with van der Waals surface area (Å²) in [6, 6.07) is 23.2. The van der Waals surface area contributed by atoms with Crippen LogP contribution in [0.15, 0.2) is 71.8 Å². The molecule has 0 bridgehead atoms. The molecule has 0 aliphatic heterocycles. The van der Waals surface area contributed by atoms with Crippen molar-refractivity contribution >= 4 is 23.4 Å². The summed E-state index contributed by atoms with van der Waals surface area (Å²) in [5.74, 6) is 0.0588. The van der Waals surface area contributed by atoms with Crippen LogP contribution in [0.1, 0.15) is 11.3 Å². The lowest BCUT2D eigenvalue weighted by Gasteiger charge is -2.11. The van der Waals surface area contributed by atoms with Crippen LogP contribution in [0.4, 0.5) is 5.69 Å². The number of carbonyl (C=O) groups excluding carboxylic acids is 1. The highest BCUT2D eigenvalue weighted by atomic mass is 32.2. The average Bonchev–Trinajstić information content (AvgIpc) is 2.67. The Morgan fingerprint density at radius 2 is 1.77 bits per heavy atom. The summed E-state index contributed by atoms with van der Waals surface area (Å²) in [6.07, 6.45) is 0. The highest BCUT2D eigenvalue weighted by Crippen LogP contribution is 2.30. The Kier molecular flexibility index (Phi) is 5.67. The number of hydrogen-bond donors (Lipinski definition) is 1. The van der Waals surface area contributed by atoms with Gasteiger partial charge in [0.25, 0.3) is 0 Å². The molecule has 0 atom stereocenters. The zero-order chi connectivity index (χ0) is 18.4. The fourth-order valence-electron chi connectivity index (χ4n) is 2.55. The molecule has 1 N–H and O–H groups in total. The Morgan fingerprint density at radius 1 is 1.12 bits per heavy atom. The minimum Gasteiger partial charge on any atom is -0.325 e. The molecule has 0 aliphatic rings. The van der Waals surface area contributed by atoms with Crippen LogP contribution in [-0.2, 0) is 4.79 Å². The largest absolute Gasteiger partial charge is 0.325 e. The van der Waals surface area contributed by atoms with Gasteiger partial charge in [-0.2, -0.15) is 5.26 Å². The van der Waals surface area contributed by atoms with Gasteiger partial charge in [-0.1, -0.05) is 60.3 Å². The zero-order valence-electron chi connectivity index (χ0n) is 14.3. The van der Waals surface area contributed by atoms with Crippen molar-refractivity contribution in [2.75, 3.05) is 11.1 Å². The number of aromatic nitrogens is 1. The van der Waals surface area contributed by atoms with Crippen LogP contribution in [0.3, 0.4) is 0 Å². The maximum atomic E-state index is 12.2. The van der Waals surface area contributed by atoms with Gasteiger partial charge in [0.1, 0.15) is 11.1 Å². The maximum absolute atomic E-state index is 12.2. The van der Waals surface area contributed by atoms with Crippen LogP contribution >= 0.6 is 11.8 Å². The number of thioether (sulfide) groups is 1. The summed E-state index contributed by atoms with van der Waals surface area (Å²) in [7, 11) is 0. The second kappa shape index (κ2) is 8.32. The lowest BCUT2D eigenvalue weighted by Crippen LogP contribution is -2.14. The molecule has 4 nitrogen and oxygen atoms in total. The molecule has 128 valence electrons. The molecule has 1 aromatic heterocycles. The molecule has 3 rings (SSSR count). The number of benzene rings is 2. The van der Waals surface area contributed by atoms with Gasteiger partial charge in [0.2, 0.25) is 5.91 Å². The van der Waals surface area contributed by atoms with Gasteiger partial charge in [-0.05, 0) is 30.7 Å². The molecule has 0 saturated carbocycles. The lowest BCUT2D eigenvalue weighted by atomic mass is 10.0. The number of carbonyl (C=O) groups is 1. The van der Waals surface area contributed by atoms with E-state index in [4.69, 9.17) is 0 Å². The van der Waals surface area contributed by atoms with Crippen LogP contribution in [0, 0.1) is 18.3 Å². The average molecular weight is 359 g/mol. The van der Waals surface area contributed by atoms with Crippen LogP contribution in [0.25, 0.3) is 11.1 Å². The normalized spacial score (nSPS) is 10.2. The van der Waals surface area contributed by atoms with E-state index in [-0.39, 0.29) is 11.7 Å². The van der Waals surface area contributed by atoms with Gasteiger partial charge < -0.3 is 5.32 Å². The first kappa shape index (κ1) is 17.7. The minimum absolute atomic E-state index is 0.130. The zero-order valence-corrected chi connectivity index (χ0v) is 15.1. The molecule has 0 spiro atoms. The molecule has 1 heterocycles. The van der Waals surface area contributed by atoms with E-state index in [9.17, 15) is 10.1 Å². The summed E-state index contributed by atoms with van der Waals surface area (Å²) >= 11 is 1.28. The molecular weight excluding hydrogens is 342 g/mol. The fourth-order valence-corrected chi connectivity index (χ4v) is 3.40. The number of hydrogen-bond acceptors (Lipinski definition) is 4. The Balaban J connectivity index is 1.81. The second-order valence-corrected chi connectivity index (χ2v) is 6.64. The third-order valence-electron chi connectivity index (χ3n) is 3.71. The molecule has 0 radical (unpaired) electrons. The SMILES string of the molecule is Cc1cc(-c2ccccc2)c(C#N)c(SCC(=O)Nc2ccccc2)n1. The van der Waals surface area contributed by atoms with Crippen molar-refractivity contribution in [3.05, 3.63) is 78.0 Å². The van der Waals surface area contributed by atoms with E-state index in [1.54, 1.807) is 0 Å². The molecule has 1 amide bonds. The van der Waals surface area contributed by atoms with Gasteiger partial charge in [0.15, 0.2) is 0 Å². The predicted octanol–water partition coefficient (Wildman–Crippen LogP) is 4.66. The predicted molar refractivity (Wildman–Crippen MR) is 105 cm³/mol. The topological polar surface area (TPSA) is 65.8 Å². The molecule has 26 heavy (non-hydrogen) atoms. The molecule has 0 aliphatic carbocycles. The molecule has 0 unspecified atom stereocenters. The quantitative estimate of drug-likeness (QED) is 0.673. The van der Waals surface area contributed by atoms with Gasteiger partial charge in [-0.15, -0.1) is 0 Å².